The van der Waals surface area contributed by atoms with Crippen LogP contribution in [0.2, 0.25) is 10.0 Å². The van der Waals surface area contributed by atoms with Gasteiger partial charge in [0.2, 0.25) is 0 Å². The minimum absolute atomic E-state index is 0.158. The summed E-state index contributed by atoms with van der Waals surface area (Å²) < 4.78 is 0.748. The van der Waals surface area contributed by atoms with E-state index in [-0.39, 0.29) is 5.78 Å². The van der Waals surface area contributed by atoms with Crippen LogP contribution < -0.4 is 0 Å². The molecule has 3 nitrogen and oxygen atoms in total. The molecule has 1 N–H and O–H groups in total. The SMILES string of the molecule is O=C(c1cc(Cl)cc(Br)c1)c1c[nH]c2nccc(Cl)c12. The van der Waals surface area contributed by atoms with E-state index in [1.165, 1.54) is 0 Å². The number of fused-ring (bicyclic) bond motifs is 1. The summed E-state index contributed by atoms with van der Waals surface area (Å²) in [5, 5.41) is 1.60. The third-order valence-corrected chi connectivity index (χ3v) is 3.88. The van der Waals surface area contributed by atoms with Gasteiger partial charge in [-0.05, 0) is 24.3 Å². The first-order chi connectivity index (χ1) is 9.56. The van der Waals surface area contributed by atoms with Crippen LogP contribution >= 0.6 is 39.1 Å². The number of carbonyl (C=O) groups is 1. The second-order valence-electron chi connectivity index (χ2n) is 4.21. The number of hydrogen-bond donors (Lipinski definition) is 1. The molecule has 2 heterocycles. The van der Waals surface area contributed by atoms with Gasteiger partial charge < -0.3 is 4.98 Å². The fourth-order valence-corrected chi connectivity index (χ4v) is 3.14. The second-order valence-corrected chi connectivity index (χ2v) is 5.97. The maximum Gasteiger partial charge on any atom is 0.195 e. The van der Waals surface area contributed by atoms with Gasteiger partial charge in [-0.25, -0.2) is 4.98 Å². The molecule has 0 spiro atoms. The van der Waals surface area contributed by atoms with Crippen molar-refractivity contribution in [2.75, 3.05) is 0 Å². The predicted octanol–water partition coefficient (Wildman–Crippen LogP) is 4.86. The number of benzene rings is 1. The molecule has 0 bridgehead atoms. The van der Waals surface area contributed by atoms with E-state index in [4.69, 9.17) is 23.2 Å². The smallest absolute Gasteiger partial charge is 0.195 e. The molecule has 0 amide bonds. The number of carbonyl (C=O) groups excluding carboxylic acids is 1. The second kappa shape index (κ2) is 5.20. The lowest BCUT2D eigenvalue weighted by Gasteiger charge is -2.03. The van der Waals surface area contributed by atoms with E-state index < -0.39 is 0 Å². The van der Waals surface area contributed by atoms with Crippen LogP contribution in [0.4, 0.5) is 0 Å². The van der Waals surface area contributed by atoms with E-state index in [0.29, 0.717) is 32.2 Å². The van der Waals surface area contributed by atoms with Gasteiger partial charge in [0, 0.05) is 32.8 Å². The first kappa shape index (κ1) is 13.6. The summed E-state index contributed by atoms with van der Waals surface area (Å²) in [4.78, 5) is 19.7. The Morgan fingerprint density at radius 2 is 2.05 bits per heavy atom. The highest BCUT2D eigenvalue weighted by Crippen LogP contribution is 2.28. The number of nitrogens with zero attached hydrogens (tertiary/aromatic N) is 1. The number of halogens is 3. The van der Waals surface area contributed by atoms with Crippen LogP contribution in [-0.4, -0.2) is 15.8 Å². The zero-order chi connectivity index (χ0) is 14.3. The van der Waals surface area contributed by atoms with Gasteiger partial charge in [-0.3, -0.25) is 4.79 Å². The summed E-state index contributed by atoms with van der Waals surface area (Å²) in [6.45, 7) is 0. The van der Waals surface area contributed by atoms with Gasteiger partial charge in [-0.15, -0.1) is 0 Å². The van der Waals surface area contributed by atoms with Crippen LogP contribution in [0, 0.1) is 0 Å². The number of nitrogens with one attached hydrogen (secondary N) is 1. The van der Waals surface area contributed by atoms with Crippen LogP contribution in [0.25, 0.3) is 11.0 Å². The number of H-pyrrole nitrogens is 1. The summed E-state index contributed by atoms with van der Waals surface area (Å²) >= 11 is 15.5. The lowest BCUT2D eigenvalue weighted by Crippen LogP contribution is -2.00. The molecule has 0 unspecified atom stereocenters. The zero-order valence-electron chi connectivity index (χ0n) is 9.95. The van der Waals surface area contributed by atoms with Crippen molar-refractivity contribution in [1.29, 1.82) is 0 Å². The fraction of sp³-hybridized carbons (Fsp3) is 0. The van der Waals surface area contributed by atoms with E-state index >= 15 is 0 Å². The van der Waals surface area contributed by atoms with Crippen molar-refractivity contribution in [2.45, 2.75) is 0 Å². The number of aromatic amines is 1. The molecule has 1 aromatic carbocycles. The van der Waals surface area contributed by atoms with Crippen LogP contribution in [0.15, 0.2) is 41.1 Å². The normalized spacial score (nSPS) is 10.9. The van der Waals surface area contributed by atoms with Crippen molar-refractivity contribution < 1.29 is 4.79 Å². The molecule has 6 heteroatoms. The minimum atomic E-state index is -0.158. The van der Waals surface area contributed by atoms with Crippen molar-refractivity contribution >= 4 is 55.9 Å². The van der Waals surface area contributed by atoms with Gasteiger partial charge in [0.05, 0.1) is 10.6 Å². The summed E-state index contributed by atoms with van der Waals surface area (Å²) in [5.41, 5.74) is 1.56. The molecule has 3 aromatic rings. The highest BCUT2D eigenvalue weighted by molar-refractivity contribution is 9.10. The largest absolute Gasteiger partial charge is 0.345 e. The summed E-state index contributed by atoms with van der Waals surface area (Å²) in [5.74, 6) is -0.158. The highest BCUT2D eigenvalue weighted by Gasteiger charge is 2.17. The highest BCUT2D eigenvalue weighted by atomic mass is 79.9. The zero-order valence-corrected chi connectivity index (χ0v) is 13.1. The Morgan fingerprint density at radius 3 is 2.80 bits per heavy atom. The molecule has 0 fully saturated rings. The fourth-order valence-electron chi connectivity index (χ4n) is 2.04. The van der Waals surface area contributed by atoms with Crippen molar-refractivity contribution in [3.8, 4) is 0 Å². The number of ketones is 1. The lowest BCUT2D eigenvalue weighted by molar-refractivity contribution is 0.104. The molecular formula is C14H7BrCl2N2O. The van der Waals surface area contributed by atoms with Gasteiger partial charge in [-0.1, -0.05) is 39.1 Å². The molecule has 0 radical (unpaired) electrons. The summed E-state index contributed by atoms with van der Waals surface area (Å²) in [6, 6.07) is 6.72. The maximum absolute atomic E-state index is 12.6. The molecule has 0 aliphatic heterocycles. The Kier molecular flexibility index (Phi) is 3.54. The lowest BCUT2D eigenvalue weighted by atomic mass is 10.0. The Hall–Kier alpha value is -1.36. The molecule has 0 saturated carbocycles. The standard InChI is InChI=1S/C14H7BrCl2N2O/c15-8-3-7(4-9(16)5-8)13(20)10-6-19-14-12(10)11(17)1-2-18-14/h1-6H,(H,18,19). The Bertz CT molecular complexity index is 809. The van der Waals surface area contributed by atoms with Crippen molar-refractivity contribution in [3.05, 3.63) is 62.3 Å². The Labute approximate surface area is 133 Å². The molecule has 100 valence electrons. The van der Waals surface area contributed by atoms with Crippen LogP contribution in [0.1, 0.15) is 15.9 Å². The third kappa shape index (κ3) is 2.35. The van der Waals surface area contributed by atoms with Gasteiger partial charge in [-0.2, -0.15) is 0 Å². The van der Waals surface area contributed by atoms with Crippen molar-refractivity contribution in [2.24, 2.45) is 0 Å². The monoisotopic (exact) mass is 368 g/mol. The van der Waals surface area contributed by atoms with Crippen molar-refractivity contribution in [1.82, 2.24) is 9.97 Å². The molecular weight excluding hydrogens is 363 g/mol. The van der Waals surface area contributed by atoms with Gasteiger partial charge in [0.15, 0.2) is 5.78 Å². The number of aromatic nitrogens is 2. The van der Waals surface area contributed by atoms with Crippen LogP contribution in [0.5, 0.6) is 0 Å². The average Bonchev–Trinajstić information content (AvgIpc) is 2.82. The Balaban J connectivity index is 2.18. The molecule has 3 rings (SSSR count). The molecule has 20 heavy (non-hydrogen) atoms. The minimum Gasteiger partial charge on any atom is -0.345 e. The number of pyridine rings is 1. The molecule has 0 aliphatic rings. The van der Waals surface area contributed by atoms with Gasteiger partial charge in [0.1, 0.15) is 5.65 Å². The Morgan fingerprint density at radius 1 is 1.25 bits per heavy atom. The molecule has 2 aromatic heterocycles. The van der Waals surface area contributed by atoms with E-state index in [9.17, 15) is 4.79 Å². The first-order valence-corrected chi connectivity index (χ1v) is 7.23. The number of hydrogen-bond acceptors (Lipinski definition) is 2. The molecule has 0 atom stereocenters. The van der Waals surface area contributed by atoms with E-state index in [1.54, 1.807) is 36.7 Å². The maximum atomic E-state index is 12.6. The summed E-state index contributed by atoms with van der Waals surface area (Å²) in [6.07, 6.45) is 3.20. The van der Waals surface area contributed by atoms with E-state index in [1.807, 2.05) is 0 Å². The predicted molar refractivity (Wildman–Crippen MR) is 83.7 cm³/mol. The quantitative estimate of drug-likeness (QED) is 0.655. The van der Waals surface area contributed by atoms with Gasteiger partial charge >= 0.3 is 0 Å². The molecule has 0 saturated heterocycles. The summed E-state index contributed by atoms with van der Waals surface area (Å²) in [7, 11) is 0. The third-order valence-electron chi connectivity index (χ3n) is 2.89. The van der Waals surface area contributed by atoms with Crippen LogP contribution in [0.3, 0.4) is 0 Å². The molecule has 0 aliphatic carbocycles. The first-order valence-electron chi connectivity index (χ1n) is 5.68. The topological polar surface area (TPSA) is 45.8 Å². The van der Waals surface area contributed by atoms with Gasteiger partial charge in [0.25, 0.3) is 0 Å². The van der Waals surface area contributed by atoms with E-state index in [0.717, 1.165) is 4.47 Å². The van der Waals surface area contributed by atoms with Crippen molar-refractivity contribution in [3.63, 3.8) is 0 Å². The van der Waals surface area contributed by atoms with Crippen LogP contribution in [-0.2, 0) is 0 Å². The van der Waals surface area contributed by atoms with E-state index in [2.05, 4.69) is 25.9 Å². The number of rotatable bonds is 2. The average molecular weight is 370 g/mol.